The molecule has 1 aromatic rings. The first-order chi connectivity index (χ1) is 9.48. The maximum absolute atomic E-state index is 12.5. The van der Waals surface area contributed by atoms with Crippen LogP contribution in [0.2, 0.25) is 0 Å². The van der Waals surface area contributed by atoms with E-state index in [-0.39, 0.29) is 11.8 Å². The van der Waals surface area contributed by atoms with Crippen molar-refractivity contribution < 1.29 is 14.7 Å². The van der Waals surface area contributed by atoms with Crippen LogP contribution in [0.4, 0.5) is 0 Å². The number of aryl methyl sites for hydroxylation is 1. The molecular formula is C16H21NO3. The van der Waals surface area contributed by atoms with Crippen molar-refractivity contribution in [3.8, 4) is 0 Å². The van der Waals surface area contributed by atoms with Crippen molar-refractivity contribution in [2.24, 2.45) is 0 Å². The van der Waals surface area contributed by atoms with Crippen molar-refractivity contribution in [2.75, 3.05) is 0 Å². The number of carbonyl (C=O) groups excluding carboxylic acids is 1. The van der Waals surface area contributed by atoms with Gasteiger partial charge in [0.15, 0.2) is 0 Å². The third-order valence-electron chi connectivity index (χ3n) is 4.26. The summed E-state index contributed by atoms with van der Waals surface area (Å²) in [5, 5.41) is 12.0. The Morgan fingerprint density at radius 3 is 2.75 bits per heavy atom. The van der Waals surface area contributed by atoms with E-state index in [1.165, 1.54) is 5.56 Å². The van der Waals surface area contributed by atoms with E-state index in [0.29, 0.717) is 6.42 Å². The Morgan fingerprint density at radius 1 is 1.40 bits per heavy atom. The topological polar surface area (TPSA) is 66.4 Å². The van der Waals surface area contributed by atoms with Gasteiger partial charge < -0.3 is 10.4 Å². The second kappa shape index (κ2) is 5.65. The molecule has 0 aromatic heterocycles. The summed E-state index contributed by atoms with van der Waals surface area (Å²) in [5.41, 5.74) is 1.05. The number of carbonyl (C=O) groups is 2. The molecule has 0 spiro atoms. The van der Waals surface area contributed by atoms with Gasteiger partial charge in [0.1, 0.15) is 5.54 Å². The average Bonchev–Trinajstić information content (AvgIpc) is 2.46. The molecule has 1 amide bonds. The second-order valence-corrected chi connectivity index (χ2v) is 5.62. The Bertz CT molecular complexity index is 526. The van der Waals surface area contributed by atoms with Crippen molar-refractivity contribution in [3.63, 3.8) is 0 Å². The molecule has 2 rings (SSSR count). The van der Waals surface area contributed by atoms with Crippen LogP contribution in [-0.2, 0) is 16.0 Å². The van der Waals surface area contributed by atoms with Crippen molar-refractivity contribution >= 4 is 11.9 Å². The molecule has 108 valence electrons. The highest BCUT2D eigenvalue weighted by Gasteiger charge is 2.36. The van der Waals surface area contributed by atoms with Crippen molar-refractivity contribution in [3.05, 3.63) is 35.4 Å². The fourth-order valence-electron chi connectivity index (χ4n) is 2.68. The van der Waals surface area contributed by atoms with Gasteiger partial charge in [-0.3, -0.25) is 4.79 Å². The summed E-state index contributed by atoms with van der Waals surface area (Å²) in [7, 11) is 0. The first-order valence-electron chi connectivity index (χ1n) is 7.11. The molecule has 0 heterocycles. The molecule has 2 N–H and O–H groups in total. The van der Waals surface area contributed by atoms with Gasteiger partial charge >= 0.3 is 5.97 Å². The van der Waals surface area contributed by atoms with Gasteiger partial charge in [0, 0.05) is 0 Å². The molecule has 4 heteroatoms. The minimum absolute atomic E-state index is 0.177. The molecule has 0 saturated heterocycles. The Kier molecular flexibility index (Phi) is 4.12. The van der Waals surface area contributed by atoms with Gasteiger partial charge in [-0.1, -0.05) is 31.2 Å². The molecule has 0 radical (unpaired) electrons. The summed E-state index contributed by atoms with van der Waals surface area (Å²) >= 11 is 0. The van der Waals surface area contributed by atoms with Crippen LogP contribution < -0.4 is 5.32 Å². The minimum atomic E-state index is -1.19. The lowest BCUT2D eigenvalue weighted by Gasteiger charge is -2.30. The maximum atomic E-state index is 12.5. The summed E-state index contributed by atoms with van der Waals surface area (Å²) in [6, 6.07) is 7.93. The summed E-state index contributed by atoms with van der Waals surface area (Å²) in [6.07, 6.45) is 3.10. The zero-order chi connectivity index (χ0) is 14.8. The Hall–Kier alpha value is -1.84. The van der Waals surface area contributed by atoms with Crippen LogP contribution in [0.1, 0.15) is 50.2 Å². The van der Waals surface area contributed by atoms with Gasteiger partial charge in [0.2, 0.25) is 5.91 Å². The van der Waals surface area contributed by atoms with Gasteiger partial charge in [0.25, 0.3) is 0 Å². The van der Waals surface area contributed by atoms with Gasteiger partial charge in [-0.15, -0.1) is 0 Å². The van der Waals surface area contributed by atoms with E-state index in [1.54, 1.807) is 13.8 Å². The molecule has 4 nitrogen and oxygen atoms in total. The number of hydrogen-bond acceptors (Lipinski definition) is 2. The first-order valence-corrected chi connectivity index (χ1v) is 7.11. The number of carboxylic acids is 1. The van der Waals surface area contributed by atoms with E-state index >= 15 is 0 Å². The van der Waals surface area contributed by atoms with Crippen LogP contribution in [0.25, 0.3) is 0 Å². The number of aliphatic carboxylic acids is 1. The highest BCUT2D eigenvalue weighted by Crippen LogP contribution is 2.32. The lowest BCUT2D eigenvalue weighted by atomic mass is 9.81. The Morgan fingerprint density at radius 2 is 2.10 bits per heavy atom. The van der Waals surface area contributed by atoms with Crippen LogP contribution in [-0.4, -0.2) is 22.5 Å². The van der Waals surface area contributed by atoms with Crippen LogP contribution in [0.3, 0.4) is 0 Å². The summed E-state index contributed by atoms with van der Waals surface area (Å²) < 4.78 is 0. The largest absolute Gasteiger partial charge is 0.480 e. The number of nitrogens with one attached hydrogen (secondary N) is 1. The third-order valence-corrected chi connectivity index (χ3v) is 4.26. The van der Waals surface area contributed by atoms with Crippen LogP contribution in [0.15, 0.2) is 24.3 Å². The van der Waals surface area contributed by atoms with E-state index in [9.17, 15) is 14.7 Å². The maximum Gasteiger partial charge on any atom is 0.329 e. The Labute approximate surface area is 119 Å². The van der Waals surface area contributed by atoms with Gasteiger partial charge in [-0.05, 0) is 43.7 Å². The van der Waals surface area contributed by atoms with E-state index in [4.69, 9.17) is 0 Å². The lowest BCUT2D eigenvalue weighted by Crippen LogP contribution is -2.53. The molecule has 2 unspecified atom stereocenters. The van der Waals surface area contributed by atoms with Crippen molar-refractivity contribution in [1.29, 1.82) is 0 Å². The van der Waals surface area contributed by atoms with E-state index in [1.807, 2.05) is 24.3 Å². The molecule has 0 aliphatic heterocycles. The number of rotatable bonds is 4. The highest BCUT2D eigenvalue weighted by atomic mass is 16.4. The predicted octanol–water partition coefficient (Wildman–Crippen LogP) is 2.48. The van der Waals surface area contributed by atoms with Crippen LogP contribution in [0.5, 0.6) is 0 Å². The summed E-state index contributed by atoms with van der Waals surface area (Å²) in [5.74, 6) is -1.40. The average molecular weight is 275 g/mol. The molecule has 2 atom stereocenters. The van der Waals surface area contributed by atoms with Gasteiger partial charge in [-0.2, -0.15) is 0 Å². The number of carboxylic acid groups (broad SMARTS) is 1. The quantitative estimate of drug-likeness (QED) is 0.887. The normalized spacial score (nSPS) is 20.6. The van der Waals surface area contributed by atoms with Crippen molar-refractivity contribution in [1.82, 2.24) is 5.32 Å². The number of fused-ring (bicyclic) bond motifs is 1. The van der Waals surface area contributed by atoms with E-state index < -0.39 is 11.5 Å². The van der Waals surface area contributed by atoms with Crippen molar-refractivity contribution in [2.45, 2.75) is 51.0 Å². The minimum Gasteiger partial charge on any atom is -0.480 e. The Balaban J connectivity index is 2.21. The molecule has 0 saturated carbocycles. The third kappa shape index (κ3) is 2.69. The second-order valence-electron chi connectivity index (χ2n) is 5.62. The van der Waals surface area contributed by atoms with Gasteiger partial charge in [0.05, 0.1) is 5.92 Å². The molecule has 0 fully saturated rings. The molecule has 20 heavy (non-hydrogen) atoms. The summed E-state index contributed by atoms with van der Waals surface area (Å²) in [6.45, 7) is 3.32. The van der Waals surface area contributed by atoms with E-state index in [2.05, 4.69) is 5.32 Å². The zero-order valence-electron chi connectivity index (χ0n) is 12.0. The van der Waals surface area contributed by atoms with E-state index in [0.717, 1.165) is 24.8 Å². The van der Waals surface area contributed by atoms with Gasteiger partial charge in [-0.25, -0.2) is 4.79 Å². The molecule has 1 aromatic carbocycles. The van der Waals surface area contributed by atoms with Crippen LogP contribution >= 0.6 is 0 Å². The zero-order valence-corrected chi connectivity index (χ0v) is 12.0. The monoisotopic (exact) mass is 275 g/mol. The molecular weight excluding hydrogens is 254 g/mol. The van der Waals surface area contributed by atoms with Crippen LogP contribution in [0, 0.1) is 0 Å². The standard InChI is InChI=1S/C16H21NO3/c1-3-16(2,15(19)20)17-14(18)13-10-6-8-11-7-4-5-9-12(11)13/h4-5,7,9,13H,3,6,8,10H2,1-2H3,(H,17,18)(H,19,20). The molecule has 1 aliphatic carbocycles. The first kappa shape index (κ1) is 14.6. The highest BCUT2D eigenvalue weighted by molar-refractivity contribution is 5.90. The summed E-state index contributed by atoms with van der Waals surface area (Å²) in [4.78, 5) is 23.8. The number of benzene rings is 1. The SMILES string of the molecule is CCC(C)(NC(=O)C1CCCc2ccccc21)C(=O)O. The smallest absolute Gasteiger partial charge is 0.329 e. The molecule has 0 bridgehead atoms. The predicted molar refractivity (Wildman–Crippen MR) is 76.6 cm³/mol. The lowest BCUT2D eigenvalue weighted by molar-refractivity contribution is -0.147. The number of amides is 1. The fourth-order valence-corrected chi connectivity index (χ4v) is 2.68. The number of hydrogen-bond donors (Lipinski definition) is 2. The fraction of sp³-hybridized carbons (Fsp3) is 0.500. The molecule has 1 aliphatic rings.